The Balaban J connectivity index is 2.82. The lowest BCUT2D eigenvalue weighted by molar-refractivity contribution is 0.0601. The number of methoxy groups -OCH3 is 1. The molecule has 20 heavy (non-hydrogen) atoms. The maximum absolute atomic E-state index is 13.2. The Kier molecular flexibility index (Phi) is 5.51. The predicted octanol–water partition coefficient (Wildman–Crippen LogP) is 3.35. The number of benzene rings is 1. The van der Waals surface area contributed by atoms with Crippen LogP contribution < -0.4 is 5.32 Å². The highest BCUT2D eigenvalue weighted by atomic mass is 19.1. The van der Waals surface area contributed by atoms with E-state index in [1.165, 1.54) is 19.2 Å². The van der Waals surface area contributed by atoms with Crippen molar-refractivity contribution in [3.63, 3.8) is 0 Å². The first-order valence-electron chi connectivity index (χ1n) is 6.38. The second-order valence-electron chi connectivity index (χ2n) is 5.36. The molecule has 0 bridgehead atoms. The molecular weight excluding hydrogens is 259 g/mol. The molecule has 0 radical (unpaired) electrons. The number of carbonyl (C=O) groups excluding carboxylic acids is 1. The van der Waals surface area contributed by atoms with Crippen molar-refractivity contribution in [2.24, 2.45) is 5.41 Å². The molecule has 0 unspecified atom stereocenters. The second kappa shape index (κ2) is 6.90. The van der Waals surface area contributed by atoms with E-state index in [0.29, 0.717) is 18.7 Å². The number of ether oxygens (including phenoxy) is 1. The lowest BCUT2D eigenvalue weighted by Crippen LogP contribution is -2.24. The third kappa shape index (κ3) is 4.54. The molecular formula is C15H19FN2O2. The largest absolute Gasteiger partial charge is 0.465 e. The van der Waals surface area contributed by atoms with E-state index in [-0.39, 0.29) is 11.0 Å². The maximum atomic E-state index is 13.2. The first-order valence-corrected chi connectivity index (χ1v) is 6.38. The predicted molar refractivity (Wildman–Crippen MR) is 74.9 cm³/mol. The van der Waals surface area contributed by atoms with E-state index in [2.05, 4.69) is 16.1 Å². The molecule has 5 heteroatoms. The minimum Gasteiger partial charge on any atom is -0.465 e. The Morgan fingerprint density at radius 1 is 1.50 bits per heavy atom. The lowest BCUT2D eigenvalue weighted by Gasteiger charge is -2.25. The molecule has 1 aromatic carbocycles. The van der Waals surface area contributed by atoms with E-state index in [1.54, 1.807) is 0 Å². The van der Waals surface area contributed by atoms with Crippen molar-refractivity contribution in [3.8, 4) is 6.07 Å². The van der Waals surface area contributed by atoms with Gasteiger partial charge in [0.25, 0.3) is 0 Å². The van der Waals surface area contributed by atoms with Crippen molar-refractivity contribution in [1.82, 2.24) is 0 Å². The Hall–Kier alpha value is -2.09. The van der Waals surface area contributed by atoms with E-state index in [4.69, 9.17) is 5.26 Å². The van der Waals surface area contributed by atoms with E-state index in [0.717, 1.165) is 12.5 Å². The smallest absolute Gasteiger partial charge is 0.340 e. The molecule has 1 N–H and O–H groups in total. The molecule has 0 aromatic heterocycles. The average Bonchev–Trinajstić information content (AvgIpc) is 2.43. The van der Waals surface area contributed by atoms with Crippen LogP contribution in [-0.2, 0) is 4.74 Å². The third-order valence-electron chi connectivity index (χ3n) is 3.06. The molecule has 0 amide bonds. The van der Waals surface area contributed by atoms with Gasteiger partial charge < -0.3 is 10.1 Å². The summed E-state index contributed by atoms with van der Waals surface area (Å²) in [6.07, 6.45) is 1.22. The van der Waals surface area contributed by atoms with Crippen LogP contribution in [0.15, 0.2) is 18.2 Å². The molecule has 0 aliphatic carbocycles. The van der Waals surface area contributed by atoms with Gasteiger partial charge in [-0.15, -0.1) is 0 Å². The van der Waals surface area contributed by atoms with Gasteiger partial charge in [0.05, 0.1) is 18.7 Å². The van der Waals surface area contributed by atoms with E-state index in [1.807, 2.05) is 13.8 Å². The molecule has 0 fully saturated rings. The lowest BCUT2D eigenvalue weighted by atomic mass is 9.88. The number of carbonyl (C=O) groups is 1. The van der Waals surface area contributed by atoms with Crippen LogP contribution in [0, 0.1) is 22.6 Å². The summed E-state index contributed by atoms with van der Waals surface area (Å²) < 4.78 is 17.9. The fraction of sp³-hybridized carbons (Fsp3) is 0.467. The van der Waals surface area contributed by atoms with Crippen molar-refractivity contribution in [3.05, 3.63) is 29.6 Å². The second-order valence-corrected chi connectivity index (χ2v) is 5.36. The molecule has 108 valence electrons. The Bertz CT molecular complexity index is 521. The monoisotopic (exact) mass is 278 g/mol. The highest BCUT2D eigenvalue weighted by molar-refractivity contribution is 5.95. The van der Waals surface area contributed by atoms with Crippen molar-refractivity contribution >= 4 is 11.7 Å². The van der Waals surface area contributed by atoms with Gasteiger partial charge in [0.2, 0.25) is 0 Å². The summed E-state index contributed by atoms with van der Waals surface area (Å²) in [7, 11) is 1.26. The van der Waals surface area contributed by atoms with Crippen molar-refractivity contribution in [2.45, 2.75) is 26.7 Å². The highest BCUT2D eigenvalue weighted by Gasteiger charge is 2.19. The van der Waals surface area contributed by atoms with Crippen molar-refractivity contribution < 1.29 is 13.9 Å². The normalized spacial score (nSPS) is 10.8. The van der Waals surface area contributed by atoms with Gasteiger partial charge in [0.1, 0.15) is 5.82 Å². The van der Waals surface area contributed by atoms with Crippen LogP contribution in [0.4, 0.5) is 10.1 Å². The fourth-order valence-electron chi connectivity index (χ4n) is 1.77. The standard InChI is InChI=1S/C15H19FN2O2/c1-15(2,7-4-8-17)10-18-13-6-5-11(16)9-12(13)14(19)20-3/h5-6,9,18H,4,7,10H2,1-3H3. The minimum atomic E-state index is -0.582. The summed E-state index contributed by atoms with van der Waals surface area (Å²) in [5, 5.41) is 11.7. The molecule has 1 aromatic rings. The number of anilines is 1. The fourth-order valence-corrected chi connectivity index (χ4v) is 1.77. The van der Waals surface area contributed by atoms with Crippen molar-refractivity contribution in [1.29, 1.82) is 5.26 Å². The number of halogens is 1. The molecule has 0 atom stereocenters. The highest BCUT2D eigenvalue weighted by Crippen LogP contribution is 2.25. The number of hydrogen-bond donors (Lipinski definition) is 1. The van der Waals surface area contributed by atoms with Gasteiger partial charge in [-0.25, -0.2) is 9.18 Å². The zero-order valence-corrected chi connectivity index (χ0v) is 12.0. The number of nitrogens with zero attached hydrogens (tertiary/aromatic N) is 1. The summed E-state index contributed by atoms with van der Waals surface area (Å²) in [5.41, 5.74) is 0.601. The van der Waals surface area contributed by atoms with Crippen LogP contribution in [0.2, 0.25) is 0 Å². The molecule has 0 spiro atoms. The quantitative estimate of drug-likeness (QED) is 0.810. The first kappa shape index (κ1) is 16.0. The number of nitrogens with one attached hydrogen (secondary N) is 1. The molecule has 4 nitrogen and oxygen atoms in total. The molecule has 0 aliphatic heterocycles. The number of hydrogen-bond acceptors (Lipinski definition) is 4. The zero-order chi connectivity index (χ0) is 15.2. The van der Waals surface area contributed by atoms with Gasteiger partial charge in [0, 0.05) is 18.7 Å². The van der Waals surface area contributed by atoms with Gasteiger partial charge in [-0.05, 0) is 30.0 Å². The average molecular weight is 278 g/mol. The first-order chi connectivity index (χ1) is 9.39. The zero-order valence-electron chi connectivity index (χ0n) is 12.0. The molecule has 0 aliphatic rings. The van der Waals surface area contributed by atoms with E-state index >= 15 is 0 Å². The number of nitriles is 1. The summed E-state index contributed by atoms with van der Waals surface area (Å²) in [5.74, 6) is -1.07. The topological polar surface area (TPSA) is 62.1 Å². The van der Waals surface area contributed by atoms with Gasteiger partial charge in [-0.3, -0.25) is 0 Å². The van der Waals surface area contributed by atoms with E-state index < -0.39 is 11.8 Å². The molecule has 0 saturated carbocycles. The molecule has 1 rings (SSSR count). The summed E-state index contributed by atoms with van der Waals surface area (Å²) in [6.45, 7) is 4.63. The Morgan fingerprint density at radius 2 is 2.20 bits per heavy atom. The minimum absolute atomic E-state index is 0.0997. The molecule has 0 saturated heterocycles. The summed E-state index contributed by atoms with van der Waals surface area (Å²) in [6, 6.07) is 6.07. The van der Waals surface area contributed by atoms with Crippen LogP contribution in [0.5, 0.6) is 0 Å². The Morgan fingerprint density at radius 3 is 2.80 bits per heavy atom. The van der Waals surface area contributed by atoms with Crippen LogP contribution >= 0.6 is 0 Å². The Labute approximate surface area is 118 Å². The number of esters is 1. The van der Waals surface area contributed by atoms with Gasteiger partial charge in [0.15, 0.2) is 0 Å². The van der Waals surface area contributed by atoms with Crippen LogP contribution in [0.3, 0.4) is 0 Å². The summed E-state index contributed by atoms with van der Waals surface area (Å²) >= 11 is 0. The van der Waals surface area contributed by atoms with Gasteiger partial charge in [-0.2, -0.15) is 5.26 Å². The molecule has 0 heterocycles. The van der Waals surface area contributed by atoms with Crippen LogP contribution in [-0.4, -0.2) is 19.6 Å². The van der Waals surface area contributed by atoms with Crippen molar-refractivity contribution in [2.75, 3.05) is 19.0 Å². The SMILES string of the molecule is COC(=O)c1cc(F)ccc1NCC(C)(C)CCC#N. The third-order valence-corrected chi connectivity index (χ3v) is 3.06. The van der Waals surface area contributed by atoms with Crippen LogP contribution in [0.1, 0.15) is 37.0 Å². The van der Waals surface area contributed by atoms with E-state index in [9.17, 15) is 9.18 Å². The van der Waals surface area contributed by atoms with Gasteiger partial charge in [-0.1, -0.05) is 13.8 Å². The maximum Gasteiger partial charge on any atom is 0.340 e. The van der Waals surface area contributed by atoms with Gasteiger partial charge >= 0.3 is 5.97 Å². The summed E-state index contributed by atoms with van der Waals surface area (Å²) in [4.78, 5) is 11.6. The van der Waals surface area contributed by atoms with Crippen LogP contribution in [0.25, 0.3) is 0 Å². The number of rotatable bonds is 6.